The third-order valence-electron chi connectivity index (χ3n) is 1.96. The summed E-state index contributed by atoms with van der Waals surface area (Å²) in [6, 6.07) is 0. The molecule has 0 aliphatic heterocycles. The van der Waals surface area contributed by atoms with Crippen molar-refractivity contribution in [3.05, 3.63) is 22.9 Å². The van der Waals surface area contributed by atoms with Gasteiger partial charge in [-0.3, -0.25) is 0 Å². The quantitative estimate of drug-likeness (QED) is 0.732. The van der Waals surface area contributed by atoms with Crippen molar-refractivity contribution in [3.8, 4) is 5.88 Å². The van der Waals surface area contributed by atoms with E-state index in [0.717, 1.165) is 0 Å². The molecule has 0 atom stereocenters. The van der Waals surface area contributed by atoms with Crippen molar-refractivity contribution in [1.82, 2.24) is 4.98 Å². The van der Waals surface area contributed by atoms with Gasteiger partial charge in [0.05, 0.1) is 7.11 Å². The van der Waals surface area contributed by atoms with E-state index in [0.29, 0.717) is 11.1 Å². The van der Waals surface area contributed by atoms with Gasteiger partial charge in [-0.1, -0.05) is 0 Å². The van der Waals surface area contributed by atoms with Crippen molar-refractivity contribution in [2.45, 2.75) is 19.2 Å². The molecule has 14 heavy (non-hydrogen) atoms. The summed E-state index contributed by atoms with van der Waals surface area (Å²) in [5, 5.41) is 0. The van der Waals surface area contributed by atoms with E-state index in [1.54, 1.807) is 6.92 Å². The van der Waals surface area contributed by atoms with Gasteiger partial charge < -0.3 is 4.74 Å². The highest BCUT2D eigenvalue weighted by molar-refractivity contribution is 6.17. The van der Waals surface area contributed by atoms with E-state index >= 15 is 0 Å². The third-order valence-corrected chi connectivity index (χ3v) is 2.25. The summed E-state index contributed by atoms with van der Waals surface area (Å²) in [6.45, 7) is 1.55. The summed E-state index contributed by atoms with van der Waals surface area (Å²) in [5.74, 6) is 0.242. The van der Waals surface area contributed by atoms with Crippen LogP contribution in [-0.2, 0) is 5.88 Å². The Morgan fingerprint density at radius 3 is 2.64 bits per heavy atom. The van der Waals surface area contributed by atoms with Gasteiger partial charge in [0.25, 0.3) is 6.43 Å². The summed E-state index contributed by atoms with van der Waals surface area (Å²) in [7, 11) is 1.39. The number of hydrogen-bond acceptors (Lipinski definition) is 2. The van der Waals surface area contributed by atoms with Crippen molar-refractivity contribution in [2.75, 3.05) is 7.11 Å². The summed E-state index contributed by atoms with van der Waals surface area (Å²) in [5.41, 5.74) is 0.618. The van der Waals surface area contributed by atoms with Crippen molar-refractivity contribution in [2.24, 2.45) is 0 Å². The molecule has 0 aliphatic carbocycles. The fraction of sp³-hybridized carbons (Fsp3) is 0.444. The van der Waals surface area contributed by atoms with E-state index in [1.807, 2.05) is 0 Å². The molecule has 0 unspecified atom stereocenters. The minimum absolute atomic E-state index is 0.0253. The van der Waals surface area contributed by atoms with E-state index in [9.17, 15) is 8.78 Å². The number of aromatic nitrogens is 1. The molecule has 0 saturated heterocycles. The van der Waals surface area contributed by atoms with Crippen molar-refractivity contribution >= 4 is 11.6 Å². The lowest BCUT2D eigenvalue weighted by atomic mass is 10.1. The highest BCUT2D eigenvalue weighted by Crippen LogP contribution is 2.31. The van der Waals surface area contributed by atoms with Gasteiger partial charge in [-0.2, -0.15) is 0 Å². The molecule has 0 saturated carbocycles. The van der Waals surface area contributed by atoms with Crippen LogP contribution in [0.1, 0.15) is 23.1 Å². The average Bonchev–Trinajstić information content (AvgIpc) is 2.16. The molecule has 0 aromatic carbocycles. The summed E-state index contributed by atoms with van der Waals surface area (Å²) < 4.78 is 30.1. The lowest BCUT2D eigenvalue weighted by Gasteiger charge is -2.12. The van der Waals surface area contributed by atoms with E-state index in [1.165, 1.54) is 13.3 Å². The zero-order chi connectivity index (χ0) is 10.7. The number of alkyl halides is 3. The number of pyridine rings is 1. The Morgan fingerprint density at radius 1 is 1.57 bits per heavy atom. The number of ether oxygens (including phenoxy) is 1. The molecule has 0 N–H and O–H groups in total. The van der Waals surface area contributed by atoms with Gasteiger partial charge in [-0.05, 0) is 12.5 Å². The maximum absolute atomic E-state index is 12.6. The van der Waals surface area contributed by atoms with Gasteiger partial charge in [0.15, 0.2) is 0 Å². The number of nitrogens with zero attached hydrogens (tertiary/aromatic N) is 1. The minimum atomic E-state index is -2.55. The summed E-state index contributed by atoms with van der Waals surface area (Å²) in [4.78, 5) is 3.87. The van der Waals surface area contributed by atoms with Crippen LogP contribution in [-0.4, -0.2) is 12.1 Å². The minimum Gasteiger partial charge on any atom is -0.481 e. The van der Waals surface area contributed by atoms with Gasteiger partial charge in [0.1, 0.15) is 0 Å². The molecule has 0 amide bonds. The second-order valence-electron chi connectivity index (χ2n) is 2.77. The van der Waals surface area contributed by atoms with Crippen LogP contribution in [0.15, 0.2) is 6.20 Å². The Labute approximate surface area is 85.9 Å². The number of rotatable bonds is 3. The normalized spacial score (nSPS) is 10.7. The van der Waals surface area contributed by atoms with Crippen LogP contribution >= 0.6 is 11.6 Å². The Morgan fingerprint density at radius 2 is 2.21 bits per heavy atom. The molecule has 78 valence electrons. The number of methoxy groups -OCH3 is 1. The highest BCUT2D eigenvalue weighted by Gasteiger charge is 2.19. The van der Waals surface area contributed by atoms with Gasteiger partial charge >= 0.3 is 0 Å². The monoisotopic (exact) mass is 221 g/mol. The number of hydrogen-bond donors (Lipinski definition) is 0. The van der Waals surface area contributed by atoms with Crippen LogP contribution in [0.2, 0.25) is 0 Å². The predicted molar refractivity (Wildman–Crippen MR) is 50.0 cm³/mol. The van der Waals surface area contributed by atoms with Crippen LogP contribution in [0.5, 0.6) is 5.88 Å². The molecule has 0 spiro atoms. The lowest BCUT2D eigenvalue weighted by molar-refractivity contribution is 0.149. The molecule has 0 radical (unpaired) electrons. The maximum atomic E-state index is 12.6. The Kier molecular flexibility index (Phi) is 3.63. The molecule has 1 aromatic rings. The molecular formula is C9H10ClF2NO. The predicted octanol–water partition coefficient (Wildman–Crippen LogP) is 3.08. The molecule has 5 heteroatoms. The van der Waals surface area contributed by atoms with Crippen LogP contribution in [0.3, 0.4) is 0 Å². The molecule has 2 nitrogen and oxygen atoms in total. The van der Waals surface area contributed by atoms with E-state index in [2.05, 4.69) is 4.98 Å². The highest BCUT2D eigenvalue weighted by atomic mass is 35.5. The molecule has 1 heterocycles. The molecule has 0 aliphatic rings. The third kappa shape index (κ3) is 1.95. The molecule has 0 fully saturated rings. The first-order valence-electron chi connectivity index (χ1n) is 3.98. The Balaban J connectivity index is 3.31. The SMILES string of the molecule is COc1ncc(CCl)c(C(F)F)c1C. The first kappa shape index (κ1) is 11.2. The van der Waals surface area contributed by atoms with Crippen molar-refractivity contribution in [1.29, 1.82) is 0 Å². The number of halogens is 3. The molecular weight excluding hydrogens is 212 g/mol. The van der Waals surface area contributed by atoms with Crippen LogP contribution < -0.4 is 4.74 Å². The average molecular weight is 222 g/mol. The topological polar surface area (TPSA) is 22.1 Å². The first-order valence-corrected chi connectivity index (χ1v) is 4.51. The largest absolute Gasteiger partial charge is 0.481 e. The summed E-state index contributed by atoms with van der Waals surface area (Å²) in [6.07, 6.45) is -1.24. The Bertz CT molecular complexity index is 331. The zero-order valence-electron chi connectivity index (χ0n) is 7.85. The first-order chi connectivity index (χ1) is 6.61. The fourth-order valence-corrected chi connectivity index (χ4v) is 1.49. The van der Waals surface area contributed by atoms with Gasteiger partial charge in [-0.25, -0.2) is 13.8 Å². The van der Waals surface area contributed by atoms with E-state index < -0.39 is 6.43 Å². The zero-order valence-corrected chi connectivity index (χ0v) is 8.61. The van der Waals surface area contributed by atoms with Crippen molar-refractivity contribution < 1.29 is 13.5 Å². The summed E-state index contributed by atoms with van der Waals surface area (Å²) >= 11 is 5.53. The second-order valence-corrected chi connectivity index (χ2v) is 3.03. The molecule has 0 bridgehead atoms. The maximum Gasteiger partial charge on any atom is 0.264 e. The van der Waals surface area contributed by atoms with Crippen LogP contribution in [0.4, 0.5) is 8.78 Å². The van der Waals surface area contributed by atoms with Gasteiger partial charge in [0.2, 0.25) is 5.88 Å². The molecule has 1 aromatic heterocycles. The van der Waals surface area contributed by atoms with Crippen LogP contribution in [0.25, 0.3) is 0 Å². The fourth-order valence-electron chi connectivity index (χ4n) is 1.28. The van der Waals surface area contributed by atoms with Crippen LogP contribution in [0, 0.1) is 6.92 Å². The second kappa shape index (κ2) is 4.55. The van der Waals surface area contributed by atoms with Gasteiger partial charge in [0, 0.05) is 23.2 Å². The van der Waals surface area contributed by atoms with E-state index in [4.69, 9.17) is 16.3 Å². The lowest BCUT2D eigenvalue weighted by Crippen LogP contribution is -2.01. The smallest absolute Gasteiger partial charge is 0.264 e. The molecule has 1 rings (SSSR count). The standard InChI is InChI=1S/C9H10ClF2NO/c1-5-7(8(11)12)6(3-10)4-13-9(5)14-2/h4,8H,3H2,1-2H3. The Hall–Kier alpha value is -0.900. The van der Waals surface area contributed by atoms with Crippen molar-refractivity contribution in [3.63, 3.8) is 0 Å². The van der Waals surface area contributed by atoms with Gasteiger partial charge in [-0.15, -0.1) is 11.6 Å². The van der Waals surface area contributed by atoms with E-state index in [-0.39, 0.29) is 17.3 Å².